The van der Waals surface area contributed by atoms with Gasteiger partial charge in [-0.05, 0) is 73.9 Å². The SMILES string of the molecule is O=C(OCC(=O)N1CCCCC1)c1c2c(nc3ccccc13)/C(=C\c1ccco1)CCC2. The number of carbonyl (C=O) groups is 2. The zero-order valence-electron chi connectivity index (χ0n) is 18.0. The molecule has 0 bridgehead atoms. The number of fused-ring (bicyclic) bond motifs is 2. The fraction of sp³-hybridized carbons (Fsp3) is 0.346. The Balaban J connectivity index is 1.49. The van der Waals surface area contributed by atoms with Crippen LogP contribution in [-0.2, 0) is 16.0 Å². The zero-order valence-corrected chi connectivity index (χ0v) is 18.0. The van der Waals surface area contributed by atoms with Gasteiger partial charge in [0.25, 0.3) is 5.91 Å². The van der Waals surface area contributed by atoms with E-state index in [0.29, 0.717) is 5.56 Å². The van der Waals surface area contributed by atoms with Crippen LogP contribution in [0.1, 0.15) is 59.5 Å². The minimum absolute atomic E-state index is 0.122. The topological polar surface area (TPSA) is 72.6 Å². The van der Waals surface area contributed by atoms with Gasteiger partial charge in [-0.15, -0.1) is 0 Å². The second kappa shape index (κ2) is 8.99. The molecule has 2 aromatic heterocycles. The lowest BCUT2D eigenvalue weighted by Crippen LogP contribution is -2.38. The Labute approximate surface area is 186 Å². The number of carbonyl (C=O) groups excluding carboxylic acids is 2. The van der Waals surface area contributed by atoms with Crippen molar-refractivity contribution in [2.45, 2.75) is 38.5 Å². The van der Waals surface area contributed by atoms with Crippen molar-refractivity contribution in [1.29, 1.82) is 0 Å². The Kier molecular flexibility index (Phi) is 5.75. The summed E-state index contributed by atoms with van der Waals surface area (Å²) in [6, 6.07) is 11.4. The van der Waals surface area contributed by atoms with Crippen molar-refractivity contribution in [3.63, 3.8) is 0 Å². The van der Waals surface area contributed by atoms with Crippen molar-refractivity contribution in [2.24, 2.45) is 0 Å². The fourth-order valence-electron chi connectivity index (χ4n) is 4.69. The minimum Gasteiger partial charge on any atom is -0.465 e. The van der Waals surface area contributed by atoms with Crippen molar-refractivity contribution >= 4 is 34.4 Å². The van der Waals surface area contributed by atoms with Gasteiger partial charge in [0.2, 0.25) is 0 Å². The molecule has 3 aromatic rings. The van der Waals surface area contributed by atoms with E-state index in [0.717, 1.165) is 85.1 Å². The summed E-state index contributed by atoms with van der Waals surface area (Å²) in [6.07, 6.45) is 9.31. The van der Waals surface area contributed by atoms with E-state index in [9.17, 15) is 9.59 Å². The molecule has 1 aliphatic carbocycles. The number of nitrogens with zero attached hydrogens (tertiary/aromatic N) is 2. The van der Waals surface area contributed by atoms with Crippen molar-refractivity contribution in [3.8, 4) is 0 Å². The highest BCUT2D eigenvalue weighted by Crippen LogP contribution is 2.36. The van der Waals surface area contributed by atoms with E-state index in [1.165, 1.54) is 0 Å². The van der Waals surface area contributed by atoms with Crippen molar-refractivity contribution < 1.29 is 18.7 Å². The predicted molar refractivity (Wildman–Crippen MR) is 122 cm³/mol. The van der Waals surface area contributed by atoms with E-state index < -0.39 is 5.97 Å². The van der Waals surface area contributed by atoms with Crippen LogP contribution < -0.4 is 0 Å². The molecular weight excluding hydrogens is 404 g/mol. The number of likely N-dealkylation sites (tertiary alicyclic amines) is 1. The highest BCUT2D eigenvalue weighted by Gasteiger charge is 2.27. The largest absolute Gasteiger partial charge is 0.465 e. The highest BCUT2D eigenvalue weighted by molar-refractivity contribution is 6.07. The molecule has 32 heavy (non-hydrogen) atoms. The predicted octanol–water partition coefficient (Wildman–Crippen LogP) is 4.87. The molecule has 0 radical (unpaired) electrons. The fourth-order valence-corrected chi connectivity index (χ4v) is 4.69. The first-order valence-electron chi connectivity index (χ1n) is 11.3. The molecule has 0 spiro atoms. The number of rotatable bonds is 4. The number of aromatic nitrogens is 1. The Hall–Kier alpha value is -3.41. The first kappa shape index (κ1) is 20.5. The van der Waals surface area contributed by atoms with E-state index in [1.807, 2.05) is 42.5 Å². The van der Waals surface area contributed by atoms with Crippen LogP contribution in [0.15, 0.2) is 47.1 Å². The quantitative estimate of drug-likeness (QED) is 0.552. The lowest BCUT2D eigenvalue weighted by atomic mass is 9.86. The van der Waals surface area contributed by atoms with E-state index in [-0.39, 0.29) is 12.5 Å². The van der Waals surface area contributed by atoms with Crippen LogP contribution in [0.25, 0.3) is 22.6 Å². The van der Waals surface area contributed by atoms with Gasteiger partial charge in [0.1, 0.15) is 5.76 Å². The Morgan fingerprint density at radius 2 is 1.88 bits per heavy atom. The second-order valence-electron chi connectivity index (χ2n) is 8.39. The summed E-state index contributed by atoms with van der Waals surface area (Å²) in [5.74, 6) is 0.187. The first-order chi connectivity index (χ1) is 15.7. The Morgan fingerprint density at radius 3 is 2.69 bits per heavy atom. The van der Waals surface area contributed by atoms with Gasteiger partial charge in [-0.25, -0.2) is 9.78 Å². The number of esters is 1. The van der Waals surface area contributed by atoms with E-state index in [1.54, 1.807) is 11.2 Å². The number of allylic oxidation sites excluding steroid dienone is 1. The molecule has 0 atom stereocenters. The van der Waals surface area contributed by atoms with Gasteiger partial charge in [0.15, 0.2) is 6.61 Å². The summed E-state index contributed by atoms with van der Waals surface area (Å²) in [6.45, 7) is 1.26. The normalized spacial score (nSPS) is 17.4. The summed E-state index contributed by atoms with van der Waals surface area (Å²) in [4.78, 5) is 32.5. The molecule has 1 saturated heterocycles. The Bertz CT molecular complexity index is 1170. The van der Waals surface area contributed by atoms with Gasteiger partial charge < -0.3 is 14.1 Å². The Morgan fingerprint density at radius 1 is 1.03 bits per heavy atom. The molecule has 1 aliphatic heterocycles. The molecule has 3 heterocycles. The highest BCUT2D eigenvalue weighted by atomic mass is 16.5. The standard InChI is InChI=1S/C26H26N2O4/c29-23(28-13-4-1-5-14-28)17-32-26(30)24-20-10-2-3-12-22(20)27-25-18(8-6-11-21(24)25)16-19-9-7-15-31-19/h2-3,7,9-10,12,15-16H,1,4-6,8,11,13-14,17H2/b18-16-. The summed E-state index contributed by atoms with van der Waals surface area (Å²) in [5, 5.41) is 0.765. The number of hydrogen-bond donors (Lipinski definition) is 0. The van der Waals surface area contributed by atoms with Gasteiger partial charge in [-0.2, -0.15) is 0 Å². The first-order valence-corrected chi connectivity index (χ1v) is 11.3. The van der Waals surface area contributed by atoms with Crippen LogP contribution in [0.5, 0.6) is 0 Å². The number of hydrogen-bond acceptors (Lipinski definition) is 5. The van der Waals surface area contributed by atoms with Gasteiger partial charge in [-0.3, -0.25) is 4.79 Å². The molecule has 2 aliphatic rings. The molecule has 5 rings (SSSR count). The number of pyridine rings is 1. The lowest BCUT2D eigenvalue weighted by Gasteiger charge is -2.26. The molecule has 6 nitrogen and oxygen atoms in total. The van der Waals surface area contributed by atoms with Crippen molar-refractivity contribution in [3.05, 3.63) is 65.2 Å². The van der Waals surface area contributed by atoms with Crippen LogP contribution >= 0.6 is 0 Å². The third-order valence-corrected chi connectivity index (χ3v) is 6.27. The van der Waals surface area contributed by atoms with Gasteiger partial charge in [0.05, 0.1) is 23.0 Å². The third kappa shape index (κ3) is 4.05. The van der Waals surface area contributed by atoms with Crippen molar-refractivity contribution in [1.82, 2.24) is 9.88 Å². The van der Waals surface area contributed by atoms with Crippen LogP contribution in [0.3, 0.4) is 0 Å². The molecule has 0 saturated carbocycles. The molecule has 0 unspecified atom stereocenters. The van der Waals surface area contributed by atoms with Crippen LogP contribution in [0.2, 0.25) is 0 Å². The minimum atomic E-state index is -0.454. The average molecular weight is 431 g/mol. The van der Waals surface area contributed by atoms with Crippen molar-refractivity contribution in [2.75, 3.05) is 19.7 Å². The van der Waals surface area contributed by atoms with Gasteiger partial charge in [0, 0.05) is 18.5 Å². The number of ether oxygens (including phenoxy) is 1. The smallest absolute Gasteiger partial charge is 0.339 e. The summed E-state index contributed by atoms with van der Waals surface area (Å²) in [7, 11) is 0. The molecule has 164 valence electrons. The summed E-state index contributed by atoms with van der Waals surface area (Å²) in [5.41, 5.74) is 4.03. The second-order valence-corrected chi connectivity index (χ2v) is 8.39. The maximum atomic E-state index is 13.3. The number of para-hydroxylation sites is 1. The number of furan rings is 1. The average Bonchev–Trinajstić information content (AvgIpc) is 3.35. The monoisotopic (exact) mass is 430 g/mol. The third-order valence-electron chi connectivity index (χ3n) is 6.27. The molecule has 1 aromatic carbocycles. The lowest BCUT2D eigenvalue weighted by molar-refractivity contribution is -0.135. The summed E-state index contributed by atoms with van der Waals surface area (Å²) >= 11 is 0. The molecular formula is C26H26N2O4. The van der Waals surface area contributed by atoms with E-state index in [4.69, 9.17) is 14.1 Å². The zero-order chi connectivity index (χ0) is 21.9. The number of benzene rings is 1. The van der Waals surface area contributed by atoms with Crippen LogP contribution in [0.4, 0.5) is 0 Å². The molecule has 6 heteroatoms. The van der Waals surface area contributed by atoms with Crippen LogP contribution in [0, 0.1) is 0 Å². The van der Waals surface area contributed by atoms with Gasteiger partial charge >= 0.3 is 5.97 Å². The summed E-state index contributed by atoms with van der Waals surface area (Å²) < 4.78 is 11.1. The van der Waals surface area contributed by atoms with Gasteiger partial charge in [-0.1, -0.05) is 18.2 Å². The maximum Gasteiger partial charge on any atom is 0.339 e. The maximum absolute atomic E-state index is 13.3. The van der Waals surface area contributed by atoms with E-state index >= 15 is 0 Å². The van der Waals surface area contributed by atoms with Crippen LogP contribution in [-0.4, -0.2) is 41.5 Å². The number of amides is 1. The molecule has 1 fully saturated rings. The number of piperidine rings is 1. The molecule has 1 amide bonds. The molecule has 0 N–H and O–H groups in total. The van der Waals surface area contributed by atoms with E-state index in [2.05, 4.69) is 0 Å².